The van der Waals surface area contributed by atoms with Crippen LogP contribution in [0.3, 0.4) is 0 Å². The minimum Gasteiger partial charge on any atom is -0.472 e. The zero-order valence-electron chi connectivity index (χ0n) is 34.1. The lowest BCUT2D eigenvalue weighted by Crippen LogP contribution is -2.60. The van der Waals surface area contributed by atoms with E-state index in [4.69, 9.17) is 21.1 Å². The number of rotatable bonds is 8. The first-order valence-corrected chi connectivity index (χ1v) is 22.0. The number of alkyl halides is 4. The van der Waals surface area contributed by atoms with E-state index in [1.807, 2.05) is 11.6 Å². The normalized spacial score (nSPS) is 28.8. The Kier molecular flexibility index (Phi) is 11.5. The third kappa shape index (κ3) is 8.57. The number of sulfonamides is 1. The predicted octanol–water partition coefficient (Wildman–Crippen LogP) is 5.46. The van der Waals surface area contributed by atoms with E-state index in [0.29, 0.717) is 54.7 Å². The van der Waals surface area contributed by atoms with Crippen LogP contribution in [-0.4, -0.2) is 105 Å². The highest BCUT2D eigenvalue weighted by Gasteiger charge is 2.64. The van der Waals surface area contributed by atoms with Crippen molar-refractivity contribution in [3.05, 3.63) is 47.3 Å². The number of ether oxygens (including phenoxy) is 2. The van der Waals surface area contributed by atoms with Crippen LogP contribution in [0.4, 0.5) is 22.4 Å². The number of carbonyl (C=O) groups is 4. The SMILES string of the molecule is Cc1cn2c(n1)nc(O[C@@H]1C[C@H]3C(=O)N[C@]4(C(=O)NS(=O)(=O)C5(CF)CC5)C[C@H]4/C=C\CC[C@@H](C)C[C@@H](C)[C@H](NC(=O)OC(C)(C)C(F)(F)F)C(=O)N3C1)c1cc(Cl)ccc12. The molecule has 332 valence electrons. The summed E-state index contributed by atoms with van der Waals surface area (Å²) in [6, 6.07) is 2.13. The van der Waals surface area contributed by atoms with Crippen LogP contribution in [0.1, 0.15) is 78.3 Å². The summed E-state index contributed by atoms with van der Waals surface area (Å²) in [5.74, 6) is -3.85. The average molecular weight is 898 g/mol. The molecular formula is C40H48ClF4N7O8S. The van der Waals surface area contributed by atoms with E-state index in [0.717, 1.165) is 4.90 Å². The molecule has 3 aromatic rings. The Balaban J connectivity index is 1.26. The summed E-state index contributed by atoms with van der Waals surface area (Å²) >= 11 is 6.39. The van der Waals surface area contributed by atoms with Crippen molar-refractivity contribution in [3.63, 3.8) is 0 Å². The quantitative estimate of drug-likeness (QED) is 0.193. The molecule has 4 aliphatic rings. The van der Waals surface area contributed by atoms with Crippen molar-refractivity contribution in [2.24, 2.45) is 17.8 Å². The number of aromatic nitrogens is 3. The van der Waals surface area contributed by atoms with Crippen molar-refractivity contribution in [1.82, 2.24) is 34.6 Å². The third-order valence-corrected chi connectivity index (χ3v) is 14.7. The van der Waals surface area contributed by atoms with Gasteiger partial charge >= 0.3 is 12.3 Å². The summed E-state index contributed by atoms with van der Waals surface area (Å²) in [5, 5.41) is 5.91. The third-order valence-electron chi connectivity index (χ3n) is 12.3. The molecule has 21 heteroatoms. The summed E-state index contributed by atoms with van der Waals surface area (Å²) in [6.07, 6.45) is -0.940. The van der Waals surface area contributed by atoms with Gasteiger partial charge in [0.25, 0.3) is 5.91 Å². The summed E-state index contributed by atoms with van der Waals surface area (Å²) in [5.41, 5.74) is -3.42. The molecule has 4 amide bonds. The second-order valence-corrected chi connectivity index (χ2v) is 20.0. The maximum atomic E-state index is 14.8. The van der Waals surface area contributed by atoms with Crippen LogP contribution in [-0.2, 0) is 29.1 Å². The standard InChI is InChI=1S/C40H48ClF4N7O8S/c1-21-8-6-7-9-24-17-39(24,34(55)50-61(57,58)38(20-42)12-13-38)49-31(53)29-16-26(59-32-27-15-25(41)10-11-28(27)52-18-23(3)46-35(52)48-32)19-51(29)33(54)30(22(2)14-21)47-36(56)60-37(4,5)40(43,44)45/h7,9-11,15,18,21-22,24,26,29-30H,6,8,12-14,16-17,19-20H2,1-5H3,(H,47,56)(H,49,53)(H,50,55)/b9-7-/t21-,22-,24-,26-,29+,30+,39-/m1/s1. The minimum atomic E-state index is -4.94. The molecule has 4 heterocycles. The number of hydrogen-bond donors (Lipinski definition) is 3. The molecule has 7 rings (SSSR count). The maximum Gasteiger partial charge on any atom is 0.427 e. The number of fused-ring (bicyclic) bond motifs is 5. The fourth-order valence-corrected chi connectivity index (χ4v) is 9.82. The topological polar surface area (TPSA) is 190 Å². The molecule has 3 fully saturated rings. The van der Waals surface area contributed by atoms with E-state index in [9.17, 15) is 45.2 Å². The van der Waals surface area contributed by atoms with E-state index < -0.39 is 92.6 Å². The van der Waals surface area contributed by atoms with Crippen LogP contribution < -0.4 is 20.1 Å². The maximum absolute atomic E-state index is 14.8. The van der Waals surface area contributed by atoms with Crippen molar-refractivity contribution in [2.75, 3.05) is 13.2 Å². The molecule has 2 aromatic heterocycles. The second kappa shape index (κ2) is 15.9. The fourth-order valence-electron chi connectivity index (χ4n) is 8.23. The molecule has 0 unspecified atom stereocenters. The van der Waals surface area contributed by atoms with Crippen LogP contribution in [0.2, 0.25) is 5.02 Å². The molecule has 15 nitrogen and oxygen atoms in total. The average Bonchev–Trinajstić information content (AvgIpc) is 4.03. The molecule has 1 saturated heterocycles. The Morgan fingerprint density at radius 3 is 2.51 bits per heavy atom. The Hall–Kier alpha value is -4.72. The van der Waals surface area contributed by atoms with Gasteiger partial charge in [0.1, 0.15) is 35.1 Å². The number of imidazole rings is 1. The van der Waals surface area contributed by atoms with Gasteiger partial charge in [-0.2, -0.15) is 18.2 Å². The molecule has 2 aliphatic heterocycles. The van der Waals surface area contributed by atoms with Crippen molar-refractivity contribution in [1.29, 1.82) is 0 Å². The molecule has 0 radical (unpaired) electrons. The number of amides is 4. The molecule has 7 atom stereocenters. The second-order valence-electron chi connectivity index (χ2n) is 17.5. The largest absolute Gasteiger partial charge is 0.472 e. The van der Waals surface area contributed by atoms with Gasteiger partial charge in [0.05, 0.1) is 23.1 Å². The van der Waals surface area contributed by atoms with Gasteiger partial charge in [0.2, 0.25) is 39.1 Å². The smallest absolute Gasteiger partial charge is 0.427 e. The molecule has 0 spiro atoms. The number of carbonyl (C=O) groups excluding carboxylic acids is 4. The summed E-state index contributed by atoms with van der Waals surface area (Å²) < 4.78 is 95.0. The van der Waals surface area contributed by atoms with Crippen molar-refractivity contribution < 1.29 is 54.6 Å². The minimum absolute atomic E-state index is 0.00216. The molecule has 2 aliphatic carbocycles. The zero-order valence-corrected chi connectivity index (χ0v) is 35.7. The fraction of sp³-hybridized carbons (Fsp3) is 0.600. The van der Waals surface area contributed by atoms with Gasteiger partial charge < -0.3 is 25.0 Å². The highest BCUT2D eigenvalue weighted by atomic mass is 35.5. The van der Waals surface area contributed by atoms with Crippen LogP contribution >= 0.6 is 11.6 Å². The number of nitrogens with one attached hydrogen (secondary N) is 3. The summed E-state index contributed by atoms with van der Waals surface area (Å²) in [7, 11) is -4.48. The van der Waals surface area contributed by atoms with Gasteiger partial charge in [-0.05, 0) is 89.3 Å². The molecule has 1 aromatic carbocycles. The Morgan fingerprint density at radius 1 is 1.11 bits per heavy atom. The van der Waals surface area contributed by atoms with Crippen LogP contribution in [0.15, 0.2) is 36.5 Å². The van der Waals surface area contributed by atoms with E-state index in [2.05, 4.69) is 20.6 Å². The number of aryl methyl sites for hydroxylation is 1. The van der Waals surface area contributed by atoms with Crippen LogP contribution in [0, 0.1) is 24.7 Å². The monoisotopic (exact) mass is 897 g/mol. The Labute approximate surface area is 354 Å². The van der Waals surface area contributed by atoms with Crippen molar-refractivity contribution in [3.8, 4) is 5.88 Å². The number of hydrogen-bond acceptors (Lipinski definition) is 10. The number of nitrogens with zero attached hydrogens (tertiary/aromatic N) is 4. The molecule has 0 bridgehead atoms. The van der Waals surface area contributed by atoms with Gasteiger partial charge in [-0.25, -0.2) is 22.6 Å². The van der Waals surface area contributed by atoms with E-state index in [1.54, 1.807) is 54.8 Å². The van der Waals surface area contributed by atoms with Crippen molar-refractivity contribution in [2.45, 2.75) is 120 Å². The van der Waals surface area contributed by atoms with Crippen LogP contribution in [0.25, 0.3) is 16.7 Å². The molecular weight excluding hydrogens is 850 g/mol. The first-order valence-electron chi connectivity index (χ1n) is 20.1. The first-order chi connectivity index (χ1) is 28.5. The molecule has 2 saturated carbocycles. The predicted molar refractivity (Wildman–Crippen MR) is 214 cm³/mol. The molecule has 61 heavy (non-hydrogen) atoms. The Bertz CT molecular complexity index is 2410. The lowest BCUT2D eigenvalue weighted by atomic mass is 9.88. The summed E-state index contributed by atoms with van der Waals surface area (Å²) in [4.78, 5) is 66.8. The van der Waals surface area contributed by atoms with Crippen molar-refractivity contribution >= 4 is 62.1 Å². The van der Waals surface area contributed by atoms with E-state index in [1.165, 1.54) is 0 Å². The summed E-state index contributed by atoms with van der Waals surface area (Å²) in [6.45, 7) is 5.19. The Morgan fingerprint density at radius 2 is 1.84 bits per heavy atom. The van der Waals surface area contributed by atoms with Gasteiger partial charge in [-0.15, -0.1) is 0 Å². The number of halogens is 5. The number of allylic oxidation sites excluding steroid dienone is 1. The first kappa shape index (κ1) is 44.3. The van der Waals surface area contributed by atoms with E-state index in [-0.39, 0.29) is 49.8 Å². The van der Waals surface area contributed by atoms with Crippen LogP contribution in [0.5, 0.6) is 5.88 Å². The van der Waals surface area contributed by atoms with Gasteiger partial charge in [0, 0.05) is 23.6 Å². The lowest BCUT2D eigenvalue weighted by Gasteiger charge is -2.34. The highest BCUT2D eigenvalue weighted by molar-refractivity contribution is 7.91. The van der Waals surface area contributed by atoms with Gasteiger partial charge in [-0.1, -0.05) is 37.6 Å². The van der Waals surface area contributed by atoms with Gasteiger partial charge in [-0.3, -0.25) is 23.5 Å². The number of benzene rings is 1. The zero-order chi connectivity index (χ0) is 44.4. The number of alkyl carbamates (subject to hydrolysis) is 1. The van der Waals surface area contributed by atoms with E-state index >= 15 is 0 Å². The van der Waals surface area contributed by atoms with Gasteiger partial charge in [0.15, 0.2) is 0 Å². The lowest BCUT2D eigenvalue weighted by molar-refractivity contribution is -0.244. The highest BCUT2D eigenvalue weighted by Crippen LogP contribution is 2.48. The molecule has 3 N–H and O–H groups in total.